The third-order valence-electron chi connectivity index (χ3n) is 3.34. The fourth-order valence-corrected chi connectivity index (χ4v) is 2.13. The number of aromatic nitrogens is 1. The number of esters is 1. The minimum atomic E-state index is -0.685. The van der Waals surface area contributed by atoms with Crippen LogP contribution in [0.15, 0.2) is 12.1 Å². The number of carbonyl (C=O) groups excluding carboxylic acids is 1. The van der Waals surface area contributed by atoms with E-state index in [2.05, 4.69) is 15.0 Å². The number of nitrogens with one attached hydrogen (secondary N) is 2. The van der Waals surface area contributed by atoms with Crippen molar-refractivity contribution < 1.29 is 19.4 Å². The molecule has 0 spiro atoms. The Labute approximate surface area is 112 Å². The minimum absolute atomic E-state index is 0.380. The Bertz CT molecular complexity index is 424. The zero-order valence-corrected chi connectivity index (χ0v) is 11.1. The lowest BCUT2D eigenvalue weighted by Crippen LogP contribution is -2.44. The molecule has 0 saturated carbocycles. The molecular formula is C13H20N2O4. The fraction of sp³-hybridized carbons (Fsp3) is 0.615. The zero-order chi connectivity index (χ0) is 13.7. The highest BCUT2D eigenvalue weighted by molar-refractivity contribution is 5.87. The second-order valence-electron chi connectivity index (χ2n) is 4.83. The Hall–Kier alpha value is -1.37. The molecular weight excluding hydrogens is 248 g/mol. The van der Waals surface area contributed by atoms with Gasteiger partial charge in [0.2, 0.25) is 0 Å². The number of aliphatic hydroxyl groups is 1. The maximum Gasteiger partial charge on any atom is 0.354 e. The van der Waals surface area contributed by atoms with Gasteiger partial charge in [0.25, 0.3) is 0 Å². The summed E-state index contributed by atoms with van der Waals surface area (Å²) < 4.78 is 9.85. The van der Waals surface area contributed by atoms with Crippen LogP contribution in [0, 0.1) is 0 Å². The van der Waals surface area contributed by atoms with Gasteiger partial charge in [-0.1, -0.05) is 0 Å². The molecule has 2 rings (SSSR count). The molecule has 6 heteroatoms. The zero-order valence-electron chi connectivity index (χ0n) is 11.1. The Kier molecular flexibility index (Phi) is 4.57. The first-order chi connectivity index (χ1) is 9.13. The van der Waals surface area contributed by atoms with Crippen molar-refractivity contribution in [3.05, 3.63) is 23.5 Å². The van der Waals surface area contributed by atoms with Crippen LogP contribution >= 0.6 is 0 Å². The highest BCUT2D eigenvalue weighted by Crippen LogP contribution is 2.19. The lowest BCUT2D eigenvalue weighted by atomic mass is 9.94. The van der Waals surface area contributed by atoms with Crippen molar-refractivity contribution in [2.45, 2.75) is 25.0 Å². The van der Waals surface area contributed by atoms with Crippen LogP contribution in [-0.4, -0.2) is 48.5 Å². The minimum Gasteiger partial charge on any atom is -0.464 e. The van der Waals surface area contributed by atoms with Crippen LogP contribution in [0.1, 0.15) is 29.0 Å². The first-order valence-corrected chi connectivity index (χ1v) is 6.40. The molecule has 0 radical (unpaired) electrons. The second-order valence-corrected chi connectivity index (χ2v) is 4.83. The van der Waals surface area contributed by atoms with E-state index in [4.69, 9.17) is 4.74 Å². The number of methoxy groups -OCH3 is 1. The molecule has 1 aliphatic heterocycles. The Morgan fingerprint density at radius 2 is 2.26 bits per heavy atom. The van der Waals surface area contributed by atoms with Crippen molar-refractivity contribution in [3.8, 4) is 0 Å². The summed E-state index contributed by atoms with van der Waals surface area (Å²) in [5, 5.41) is 13.4. The van der Waals surface area contributed by atoms with Gasteiger partial charge in [-0.25, -0.2) is 4.79 Å². The standard InChI is InChI=1S/C13H20N2O4/c1-18-12(16)11-3-2-10(15-11)8-14-9-13(17)4-6-19-7-5-13/h2-3,14-15,17H,4-9H2,1H3. The summed E-state index contributed by atoms with van der Waals surface area (Å²) in [5.74, 6) is -0.380. The van der Waals surface area contributed by atoms with Crippen molar-refractivity contribution >= 4 is 5.97 Å². The Balaban J connectivity index is 1.79. The van der Waals surface area contributed by atoms with Gasteiger partial charge in [-0.05, 0) is 12.1 Å². The molecule has 0 aliphatic carbocycles. The van der Waals surface area contributed by atoms with Crippen LogP contribution in [-0.2, 0) is 16.0 Å². The summed E-state index contributed by atoms with van der Waals surface area (Å²) in [6, 6.07) is 3.51. The van der Waals surface area contributed by atoms with Crippen molar-refractivity contribution in [1.29, 1.82) is 0 Å². The molecule has 0 atom stereocenters. The molecule has 0 bridgehead atoms. The number of carbonyl (C=O) groups is 1. The third-order valence-corrected chi connectivity index (χ3v) is 3.34. The summed E-state index contributed by atoms with van der Waals surface area (Å²) in [4.78, 5) is 14.2. The van der Waals surface area contributed by atoms with E-state index in [1.165, 1.54) is 7.11 Å². The predicted octanol–water partition coefficient (Wildman–Crippen LogP) is 0.432. The van der Waals surface area contributed by atoms with Crippen molar-refractivity contribution in [2.24, 2.45) is 0 Å². The van der Waals surface area contributed by atoms with Gasteiger partial charge in [-0.2, -0.15) is 0 Å². The molecule has 0 unspecified atom stereocenters. The normalized spacial score (nSPS) is 18.2. The average molecular weight is 268 g/mol. The van der Waals surface area contributed by atoms with Crippen LogP contribution in [0.25, 0.3) is 0 Å². The van der Waals surface area contributed by atoms with Gasteiger partial charge in [0, 0.05) is 44.8 Å². The van der Waals surface area contributed by atoms with Crippen LogP contribution in [0.4, 0.5) is 0 Å². The van der Waals surface area contributed by atoms with Gasteiger partial charge >= 0.3 is 5.97 Å². The highest BCUT2D eigenvalue weighted by atomic mass is 16.5. The van der Waals surface area contributed by atoms with E-state index in [0.717, 1.165) is 5.69 Å². The van der Waals surface area contributed by atoms with Gasteiger partial charge in [0.05, 0.1) is 12.7 Å². The van der Waals surface area contributed by atoms with Crippen molar-refractivity contribution in [1.82, 2.24) is 10.3 Å². The monoisotopic (exact) mass is 268 g/mol. The molecule has 1 saturated heterocycles. The van der Waals surface area contributed by atoms with E-state index in [1.54, 1.807) is 6.07 Å². The van der Waals surface area contributed by atoms with Crippen LogP contribution in [0.2, 0.25) is 0 Å². The summed E-state index contributed by atoms with van der Waals surface area (Å²) >= 11 is 0. The van der Waals surface area contributed by atoms with Gasteiger partial charge in [0.1, 0.15) is 5.69 Å². The van der Waals surface area contributed by atoms with Gasteiger partial charge < -0.3 is 24.9 Å². The SMILES string of the molecule is COC(=O)c1ccc(CNCC2(O)CCOCC2)[nH]1. The van der Waals surface area contributed by atoms with E-state index in [1.807, 2.05) is 6.07 Å². The van der Waals surface area contributed by atoms with Gasteiger partial charge in [-0.3, -0.25) is 0 Å². The number of aromatic amines is 1. The molecule has 106 valence electrons. The van der Waals surface area contributed by atoms with E-state index < -0.39 is 5.60 Å². The molecule has 6 nitrogen and oxygen atoms in total. The van der Waals surface area contributed by atoms with Crippen molar-refractivity contribution in [2.75, 3.05) is 26.9 Å². The molecule has 2 heterocycles. The van der Waals surface area contributed by atoms with Crippen LogP contribution < -0.4 is 5.32 Å². The quantitative estimate of drug-likeness (QED) is 0.675. The molecule has 1 aromatic heterocycles. The van der Waals surface area contributed by atoms with Crippen LogP contribution in [0.3, 0.4) is 0 Å². The number of ether oxygens (including phenoxy) is 2. The molecule has 1 aliphatic rings. The number of hydrogen-bond acceptors (Lipinski definition) is 5. The first-order valence-electron chi connectivity index (χ1n) is 6.40. The smallest absolute Gasteiger partial charge is 0.354 e. The van der Waals surface area contributed by atoms with Gasteiger partial charge in [0.15, 0.2) is 0 Å². The maximum atomic E-state index is 11.3. The molecule has 1 fully saturated rings. The molecule has 1 aromatic rings. The predicted molar refractivity (Wildman–Crippen MR) is 68.8 cm³/mol. The summed E-state index contributed by atoms with van der Waals surface area (Å²) in [7, 11) is 1.35. The largest absolute Gasteiger partial charge is 0.464 e. The van der Waals surface area contributed by atoms with E-state index in [9.17, 15) is 9.90 Å². The fourth-order valence-electron chi connectivity index (χ4n) is 2.13. The lowest BCUT2D eigenvalue weighted by molar-refractivity contribution is -0.0617. The maximum absolute atomic E-state index is 11.3. The van der Waals surface area contributed by atoms with Crippen LogP contribution in [0.5, 0.6) is 0 Å². The van der Waals surface area contributed by atoms with E-state index >= 15 is 0 Å². The summed E-state index contributed by atoms with van der Waals surface area (Å²) in [5.41, 5.74) is 0.635. The second kappa shape index (κ2) is 6.18. The summed E-state index contributed by atoms with van der Waals surface area (Å²) in [6.07, 6.45) is 1.30. The molecule has 0 amide bonds. The van der Waals surface area contributed by atoms with Crippen molar-refractivity contribution in [3.63, 3.8) is 0 Å². The highest BCUT2D eigenvalue weighted by Gasteiger charge is 2.29. The molecule has 19 heavy (non-hydrogen) atoms. The van der Waals surface area contributed by atoms with E-state index in [-0.39, 0.29) is 5.97 Å². The first kappa shape index (κ1) is 14.0. The number of hydrogen-bond donors (Lipinski definition) is 3. The molecule has 3 N–H and O–H groups in total. The summed E-state index contributed by atoms with van der Waals surface area (Å²) in [6.45, 7) is 2.30. The van der Waals surface area contributed by atoms with Gasteiger partial charge in [-0.15, -0.1) is 0 Å². The van der Waals surface area contributed by atoms with E-state index in [0.29, 0.717) is 44.8 Å². The lowest BCUT2D eigenvalue weighted by Gasteiger charge is -2.32. The molecule has 0 aromatic carbocycles. The topological polar surface area (TPSA) is 83.6 Å². The number of rotatable bonds is 5. The Morgan fingerprint density at radius 3 is 2.95 bits per heavy atom. The number of H-pyrrole nitrogens is 1. The average Bonchev–Trinajstić information content (AvgIpc) is 2.87. The Morgan fingerprint density at radius 1 is 1.53 bits per heavy atom. The third kappa shape index (κ3) is 3.79.